The van der Waals surface area contributed by atoms with E-state index < -0.39 is 0 Å². The Bertz CT molecular complexity index is 350. The highest BCUT2D eigenvalue weighted by Crippen LogP contribution is 2.14. The van der Waals surface area contributed by atoms with E-state index in [1.54, 1.807) is 0 Å². The fraction of sp³-hybridized carbons (Fsp3) is 0.462. The molecule has 0 aliphatic carbocycles. The summed E-state index contributed by atoms with van der Waals surface area (Å²) < 4.78 is 0. The summed E-state index contributed by atoms with van der Waals surface area (Å²) in [6, 6.07) is 10.5. The van der Waals surface area contributed by atoms with Crippen LogP contribution in [0, 0.1) is 0 Å². The predicted molar refractivity (Wildman–Crippen MR) is 63.9 cm³/mol. The van der Waals surface area contributed by atoms with Gasteiger partial charge >= 0.3 is 0 Å². The van der Waals surface area contributed by atoms with Gasteiger partial charge in [0.2, 0.25) is 5.91 Å². The van der Waals surface area contributed by atoms with Crippen molar-refractivity contribution < 1.29 is 4.79 Å². The smallest absolute Gasteiger partial charge is 0.224 e. The Morgan fingerprint density at radius 1 is 1.38 bits per heavy atom. The molecule has 16 heavy (non-hydrogen) atoms. The van der Waals surface area contributed by atoms with Crippen LogP contribution in [0.3, 0.4) is 0 Å². The van der Waals surface area contributed by atoms with Gasteiger partial charge in [0, 0.05) is 25.6 Å². The summed E-state index contributed by atoms with van der Waals surface area (Å²) in [5.74, 6) is 0.259. The number of hydrogen-bond acceptors (Lipinski definition) is 2. The van der Waals surface area contributed by atoms with Crippen molar-refractivity contribution in [2.75, 3.05) is 13.6 Å². The topological polar surface area (TPSA) is 32.3 Å². The Hall–Kier alpha value is -1.35. The molecule has 0 spiro atoms. The second kappa shape index (κ2) is 5.12. The molecule has 1 aromatic rings. The van der Waals surface area contributed by atoms with Crippen LogP contribution in [0.5, 0.6) is 0 Å². The van der Waals surface area contributed by atoms with Crippen molar-refractivity contribution in [2.45, 2.75) is 25.4 Å². The largest absolute Gasteiger partial charge is 0.338 e. The van der Waals surface area contributed by atoms with Crippen LogP contribution in [0.2, 0.25) is 0 Å². The number of rotatable bonds is 3. The third-order valence-corrected chi connectivity index (χ3v) is 3.15. The first kappa shape index (κ1) is 11.1. The lowest BCUT2D eigenvalue weighted by Crippen LogP contribution is -2.44. The maximum Gasteiger partial charge on any atom is 0.224 e. The van der Waals surface area contributed by atoms with Crippen molar-refractivity contribution in [3.8, 4) is 0 Å². The van der Waals surface area contributed by atoms with Gasteiger partial charge in [-0.2, -0.15) is 0 Å². The van der Waals surface area contributed by atoms with Crippen LogP contribution in [-0.2, 0) is 11.3 Å². The van der Waals surface area contributed by atoms with Gasteiger partial charge in [-0.05, 0) is 19.0 Å². The lowest BCUT2D eigenvalue weighted by atomic mass is 10.0. The maximum absolute atomic E-state index is 11.9. The van der Waals surface area contributed by atoms with E-state index in [-0.39, 0.29) is 5.91 Å². The zero-order valence-electron chi connectivity index (χ0n) is 9.65. The van der Waals surface area contributed by atoms with E-state index in [2.05, 4.69) is 17.4 Å². The van der Waals surface area contributed by atoms with E-state index in [4.69, 9.17) is 0 Å². The van der Waals surface area contributed by atoms with Gasteiger partial charge in [-0.15, -0.1) is 0 Å². The van der Waals surface area contributed by atoms with E-state index >= 15 is 0 Å². The third kappa shape index (κ3) is 2.61. The lowest BCUT2D eigenvalue weighted by Gasteiger charge is -2.31. The molecule has 3 heteroatoms. The minimum absolute atomic E-state index is 0.259. The van der Waals surface area contributed by atoms with Crippen LogP contribution in [-0.4, -0.2) is 30.4 Å². The minimum Gasteiger partial charge on any atom is -0.338 e. The molecule has 0 radical (unpaired) electrons. The van der Waals surface area contributed by atoms with Crippen molar-refractivity contribution >= 4 is 5.91 Å². The monoisotopic (exact) mass is 218 g/mol. The Kier molecular flexibility index (Phi) is 3.57. The van der Waals surface area contributed by atoms with Crippen molar-refractivity contribution in [1.82, 2.24) is 10.2 Å². The van der Waals surface area contributed by atoms with Gasteiger partial charge in [0.1, 0.15) is 0 Å². The summed E-state index contributed by atoms with van der Waals surface area (Å²) in [7, 11) is 1.92. The van der Waals surface area contributed by atoms with E-state index in [1.807, 2.05) is 30.1 Å². The van der Waals surface area contributed by atoms with Crippen LogP contribution in [0.4, 0.5) is 0 Å². The highest BCUT2D eigenvalue weighted by atomic mass is 16.2. The standard InChI is InChI=1S/C13H18N2O/c1-14-12-7-8-15(13(16)9-12)10-11-5-3-2-4-6-11/h2-6,12,14H,7-10H2,1H3. The molecule has 1 aliphatic rings. The lowest BCUT2D eigenvalue weighted by molar-refractivity contribution is -0.134. The molecular weight excluding hydrogens is 200 g/mol. The molecule has 1 fully saturated rings. The number of hydrogen-bond donors (Lipinski definition) is 1. The average molecular weight is 218 g/mol. The number of likely N-dealkylation sites (tertiary alicyclic amines) is 1. The van der Waals surface area contributed by atoms with E-state index in [1.165, 1.54) is 5.56 Å². The van der Waals surface area contributed by atoms with Gasteiger partial charge in [-0.3, -0.25) is 4.79 Å². The molecule has 1 atom stereocenters. The van der Waals surface area contributed by atoms with Gasteiger partial charge in [0.15, 0.2) is 0 Å². The Morgan fingerprint density at radius 2 is 2.12 bits per heavy atom. The van der Waals surface area contributed by atoms with E-state index in [0.29, 0.717) is 12.5 Å². The van der Waals surface area contributed by atoms with Gasteiger partial charge in [0.25, 0.3) is 0 Å². The number of carbonyl (C=O) groups is 1. The molecule has 1 N–H and O–H groups in total. The normalized spacial score (nSPS) is 21.2. The average Bonchev–Trinajstić information content (AvgIpc) is 2.33. The molecule has 1 heterocycles. The summed E-state index contributed by atoms with van der Waals surface area (Å²) in [4.78, 5) is 13.8. The first-order valence-corrected chi connectivity index (χ1v) is 5.78. The van der Waals surface area contributed by atoms with Crippen molar-refractivity contribution in [1.29, 1.82) is 0 Å². The molecule has 86 valence electrons. The molecule has 2 rings (SSSR count). The molecule has 1 aromatic carbocycles. The van der Waals surface area contributed by atoms with Gasteiger partial charge in [-0.25, -0.2) is 0 Å². The predicted octanol–water partition coefficient (Wildman–Crippen LogP) is 1.40. The molecule has 1 unspecified atom stereocenters. The van der Waals surface area contributed by atoms with Gasteiger partial charge < -0.3 is 10.2 Å². The Balaban J connectivity index is 1.94. The third-order valence-electron chi connectivity index (χ3n) is 3.15. The van der Waals surface area contributed by atoms with Crippen LogP contribution in [0.1, 0.15) is 18.4 Å². The first-order valence-electron chi connectivity index (χ1n) is 5.78. The summed E-state index contributed by atoms with van der Waals surface area (Å²) >= 11 is 0. The molecule has 0 bridgehead atoms. The van der Waals surface area contributed by atoms with Crippen LogP contribution in [0.25, 0.3) is 0 Å². The number of piperidine rings is 1. The fourth-order valence-corrected chi connectivity index (χ4v) is 2.10. The van der Waals surface area contributed by atoms with Crippen LogP contribution in [0.15, 0.2) is 30.3 Å². The quantitative estimate of drug-likeness (QED) is 0.831. The van der Waals surface area contributed by atoms with Crippen LogP contribution < -0.4 is 5.32 Å². The van der Waals surface area contributed by atoms with Gasteiger partial charge in [-0.1, -0.05) is 30.3 Å². The molecular formula is C13H18N2O. The summed E-state index contributed by atoms with van der Waals surface area (Å²) in [5.41, 5.74) is 1.21. The number of nitrogens with one attached hydrogen (secondary N) is 1. The second-order valence-corrected chi connectivity index (χ2v) is 4.28. The van der Waals surface area contributed by atoms with Crippen molar-refractivity contribution in [2.24, 2.45) is 0 Å². The Labute approximate surface area is 96.5 Å². The van der Waals surface area contributed by atoms with Crippen LogP contribution >= 0.6 is 0 Å². The summed E-state index contributed by atoms with van der Waals surface area (Å²) in [6.45, 7) is 1.61. The van der Waals surface area contributed by atoms with E-state index in [9.17, 15) is 4.79 Å². The number of nitrogens with zero attached hydrogens (tertiary/aromatic N) is 1. The molecule has 1 aliphatic heterocycles. The van der Waals surface area contributed by atoms with Crippen molar-refractivity contribution in [3.63, 3.8) is 0 Å². The zero-order chi connectivity index (χ0) is 11.4. The molecule has 0 saturated carbocycles. The number of carbonyl (C=O) groups excluding carboxylic acids is 1. The maximum atomic E-state index is 11.9. The summed E-state index contributed by atoms with van der Waals surface area (Å²) in [5, 5.41) is 3.17. The molecule has 1 saturated heterocycles. The van der Waals surface area contributed by atoms with Crippen molar-refractivity contribution in [3.05, 3.63) is 35.9 Å². The number of benzene rings is 1. The highest BCUT2D eigenvalue weighted by molar-refractivity contribution is 5.77. The van der Waals surface area contributed by atoms with E-state index in [0.717, 1.165) is 19.5 Å². The SMILES string of the molecule is CNC1CCN(Cc2ccccc2)C(=O)C1. The van der Waals surface area contributed by atoms with Gasteiger partial charge in [0.05, 0.1) is 0 Å². The molecule has 0 aromatic heterocycles. The fourth-order valence-electron chi connectivity index (χ4n) is 2.10. The summed E-state index contributed by atoms with van der Waals surface area (Å²) in [6.07, 6.45) is 1.68. The molecule has 3 nitrogen and oxygen atoms in total. The number of amides is 1. The highest BCUT2D eigenvalue weighted by Gasteiger charge is 2.24. The second-order valence-electron chi connectivity index (χ2n) is 4.28. The minimum atomic E-state index is 0.259. The molecule has 1 amide bonds. The first-order chi connectivity index (χ1) is 7.79. The zero-order valence-corrected chi connectivity index (χ0v) is 9.65. The Morgan fingerprint density at radius 3 is 2.75 bits per heavy atom.